The average Bonchev–Trinajstić information content (AvgIpc) is 2.98. The highest BCUT2D eigenvalue weighted by Gasteiger charge is 2.47. The Morgan fingerprint density at radius 3 is 2.48 bits per heavy atom. The first-order valence-corrected chi connectivity index (χ1v) is 8.59. The molecule has 0 bridgehead atoms. The van der Waals surface area contributed by atoms with Crippen molar-refractivity contribution in [1.82, 2.24) is 10.2 Å². The van der Waals surface area contributed by atoms with Gasteiger partial charge in [0.05, 0.1) is 13.7 Å². The largest absolute Gasteiger partial charge is 0.468 e. The predicted octanol–water partition coefficient (Wildman–Crippen LogP) is 2.98. The van der Waals surface area contributed by atoms with E-state index in [1.807, 2.05) is 32.9 Å². The molecule has 2 rings (SSSR count). The van der Waals surface area contributed by atoms with Crippen LogP contribution in [-0.4, -0.2) is 48.3 Å². The van der Waals surface area contributed by atoms with E-state index in [4.69, 9.17) is 21.1 Å². The van der Waals surface area contributed by atoms with E-state index >= 15 is 0 Å². The summed E-state index contributed by atoms with van der Waals surface area (Å²) in [6.07, 6.45) is 0.0403. The monoisotopic (exact) mass is 368 g/mol. The first kappa shape index (κ1) is 19.5. The number of halogens is 1. The van der Waals surface area contributed by atoms with Crippen LogP contribution in [0.5, 0.6) is 0 Å². The number of likely N-dealkylation sites (tertiary alicyclic amines) is 1. The van der Waals surface area contributed by atoms with Crippen LogP contribution in [0.2, 0.25) is 5.02 Å². The fraction of sp³-hybridized carbons (Fsp3) is 0.556. The smallest absolute Gasteiger partial charge is 0.410 e. The van der Waals surface area contributed by atoms with Gasteiger partial charge in [-0.3, -0.25) is 5.32 Å². The van der Waals surface area contributed by atoms with Gasteiger partial charge in [-0.2, -0.15) is 0 Å². The van der Waals surface area contributed by atoms with Crippen molar-refractivity contribution in [3.05, 3.63) is 34.9 Å². The van der Waals surface area contributed by atoms with Crippen LogP contribution in [0, 0.1) is 0 Å². The van der Waals surface area contributed by atoms with Crippen LogP contribution in [0.3, 0.4) is 0 Å². The lowest BCUT2D eigenvalue weighted by Crippen LogP contribution is -2.54. The summed E-state index contributed by atoms with van der Waals surface area (Å²) in [7, 11) is 1.35. The van der Waals surface area contributed by atoms with E-state index in [1.54, 1.807) is 12.1 Å². The first-order valence-electron chi connectivity index (χ1n) is 8.21. The summed E-state index contributed by atoms with van der Waals surface area (Å²) in [6.45, 7) is 6.54. The number of benzene rings is 1. The maximum Gasteiger partial charge on any atom is 0.410 e. The van der Waals surface area contributed by atoms with Gasteiger partial charge in [-0.15, -0.1) is 0 Å². The molecule has 0 spiro atoms. The SMILES string of the molecule is COC(=O)C1(NCc2ccc(Cl)cc2)CCN(C(=O)OC(C)(C)C)C1. The zero-order valence-corrected chi connectivity index (χ0v) is 15.9. The summed E-state index contributed by atoms with van der Waals surface area (Å²) in [5.41, 5.74) is -0.529. The molecule has 1 aromatic rings. The predicted molar refractivity (Wildman–Crippen MR) is 95.5 cm³/mol. The van der Waals surface area contributed by atoms with Crippen molar-refractivity contribution in [2.75, 3.05) is 20.2 Å². The zero-order valence-electron chi connectivity index (χ0n) is 15.1. The van der Waals surface area contributed by atoms with Crippen LogP contribution in [0.15, 0.2) is 24.3 Å². The summed E-state index contributed by atoms with van der Waals surface area (Å²) < 4.78 is 10.4. The topological polar surface area (TPSA) is 67.9 Å². The van der Waals surface area contributed by atoms with E-state index in [0.29, 0.717) is 24.5 Å². The molecule has 1 aromatic carbocycles. The van der Waals surface area contributed by atoms with Gasteiger partial charge in [-0.05, 0) is 44.9 Å². The van der Waals surface area contributed by atoms with Crippen LogP contribution < -0.4 is 5.32 Å². The molecular weight excluding hydrogens is 344 g/mol. The molecular formula is C18H25ClN2O4. The Kier molecular flexibility index (Phi) is 5.95. The second-order valence-electron chi connectivity index (χ2n) is 7.21. The third-order valence-electron chi connectivity index (χ3n) is 4.04. The molecule has 1 aliphatic rings. The third kappa shape index (κ3) is 5.09. The molecule has 138 valence electrons. The quantitative estimate of drug-likeness (QED) is 0.827. The minimum absolute atomic E-state index is 0.210. The Morgan fingerprint density at radius 2 is 1.92 bits per heavy atom. The molecule has 1 heterocycles. The van der Waals surface area contributed by atoms with Crippen molar-refractivity contribution < 1.29 is 19.1 Å². The normalized spacial score (nSPS) is 20.4. The Labute approximate surface area is 153 Å². The second-order valence-corrected chi connectivity index (χ2v) is 7.64. The van der Waals surface area contributed by atoms with Crippen molar-refractivity contribution in [2.24, 2.45) is 0 Å². The van der Waals surface area contributed by atoms with Gasteiger partial charge in [-0.1, -0.05) is 23.7 Å². The van der Waals surface area contributed by atoms with Gasteiger partial charge >= 0.3 is 12.1 Å². The van der Waals surface area contributed by atoms with Crippen molar-refractivity contribution in [1.29, 1.82) is 0 Å². The Hall–Kier alpha value is -1.79. The standard InChI is InChI=1S/C18H25ClN2O4/c1-17(2,3)25-16(23)21-10-9-18(12-21,15(22)24-4)20-11-13-5-7-14(19)8-6-13/h5-8,20H,9-12H2,1-4H3. The maximum absolute atomic E-state index is 12.4. The lowest BCUT2D eigenvalue weighted by molar-refractivity contribution is -0.148. The molecule has 1 amide bonds. The molecule has 6 nitrogen and oxygen atoms in total. The summed E-state index contributed by atoms with van der Waals surface area (Å²) in [5.74, 6) is -0.382. The summed E-state index contributed by atoms with van der Waals surface area (Å²) in [5, 5.41) is 3.92. The molecule has 7 heteroatoms. The van der Waals surface area contributed by atoms with Gasteiger partial charge in [0.2, 0.25) is 0 Å². The van der Waals surface area contributed by atoms with Gasteiger partial charge in [-0.25, -0.2) is 9.59 Å². The molecule has 1 atom stereocenters. The van der Waals surface area contributed by atoms with E-state index in [9.17, 15) is 9.59 Å². The highest BCUT2D eigenvalue weighted by Crippen LogP contribution is 2.25. The number of esters is 1. The van der Waals surface area contributed by atoms with Gasteiger partial charge in [0.1, 0.15) is 11.1 Å². The van der Waals surface area contributed by atoms with E-state index in [0.717, 1.165) is 5.56 Å². The number of carbonyl (C=O) groups is 2. The van der Waals surface area contributed by atoms with Crippen LogP contribution >= 0.6 is 11.6 Å². The molecule has 1 fully saturated rings. The maximum atomic E-state index is 12.4. The number of ether oxygens (including phenoxy) is 2. The number of nitrogens with zero attached hydrogens (tertiary/aromatic N) is 1. The number of nitrogens with one attached hydrogen (secondary N) is 1. The zero-order chi connectivity index (χ0) is 18.7. The Bertz CT molecular complexity index is 627. The summed E-state index contributed by atoms with van der Waals surface area (Å²) >= 11 is 5.89. The van der Waals surface area contributed by atoms with Crippen LogP contribution in [0.25, 0.3) is 0 Å². The minimum atomic E-state index is -0.939. The number of carbonyl (C=O) groups excluding carboxylic acids is 2. The lowest BCUT2D eigenvalue weighted by atomic mass is 9.98. The van der Waals surface area contributed by atoms with Gasteiger partial charge < -0.3 is 14.4 Å². The number of amides is 1. The highest BCUT2D eigenvalue weighted by atomic mass is 35.5. The summed E-state index contributed by atoms with van der Waals surface area (Å²) in [6, 6.07) is 7.37. The minimum Gasteiger partial charge on any atom is -0.468 e. The van der Waals surface area contributed by atoms with Crippen LogP contribution in [0.1, 0.15) is 32.8 Å². The number of hydrogen-bond donors (Lipinski definition) is 1. The number of rotatable bonds is 4. The molecule has 0 aromatic heterocycles. The lowest BCUT2D eigenvalue weighted by Gasteiger charge is -2.29. The summed E-state index contributed by atoms with van der Waals surface area (Å²) in [4.78, 5) is 26.2. The molecule has 1 unspecified atom stereocenters. The van der Waals surface area contributed by atoms with Crippen molar-refractivity contribution in [3.63, 3.8) is 0 Å². The molecule has 25 heavy (non-hydrogen) atoms. The van der Waals surface area contributed by atoms with E-state index in [2.05, 4.69) is 5.32 Å². The van der Waals surface area contributed by atoms with E-state index < -0.39 is 17.2 Å². The average molecular weight is 369 g/mol. The third-order valence-corrected chi connectivity index (χ3v) is 4.29. The second kappa shape index (κ2) is 7.62. The molecule has 0 radical (unpaired) electrons. The molecule has 1 saturated heterocycles. The fourth-order valence-corrected chi connectivity index (χ4v) is 2.87. The molecule has 0 aliphatic carbocycles. The van der Waals surface area contributed by atoms with Crippen molar-refractivity contribution >= 4 is 23.7 Å². The van der Waals surface area contributed by atoms with Gasteiger partial charge in [0, 0.05) is 18.1 Å². The van der Waals surface area contributed by atoms with Gasteiger partial charge in [0.15, 0.2) is 0 Å². The van der Waals surface area contributed by atoms with Crippen LogP contribution in [-0.2, 0) is 20.8 Å². The molecule has 1 N–H and O–H groups in total. The fourth-order valence-electron chi connectivity index (χ4n) is 2.74. The molecule has 1 aliphatic heterocycles. The number of hydrogen-bond acceptors (Lipinski definition) is 5. The molecule has 0 saturated carbocycles. The van der Waals surface area contributed by atoms with Gasteiger partial charge in [0.25, 0.3) is 0 Å². The van der Waals surface area contributed by atoms with Crippen molar-refractivity contribution in [3.8, 4) is 0 Å². The van der Waals surface area contributed by atoms with Crippen LogP contribution in [0.4, 0.5) is 4.79 Å². The first-order chi connectivity index (χ1) is 11.6. The Balaban J connectivity index is 2.07. The van der Waals surface area contributed by atoms with Crippen molar-refractivity contribution in [2.45, 2.75) is 44.9 Å². The number of methoxy groups -OCH3 is 1. The Morgan fingerprint density at radius 1 is 1.28 bits per heavy atom. The highest BCUT2D eigenvalue weighted by molar-refractivity contribution is 6.30. The van der Waals surface area contributed by atoms with E-state index in [1.165, 1.54) is 12.0 Å². The van der Waals surface area contributed by atoms with E-state index in [-0.39, 0.29) is 12.5 Å².